The molecular weight excluding hydrogens is 788 g/mol. The molecule has 0 aliphatic heterocycles. The lowest BCUT2D eigenvalue weighted by Gasteiger charge is -2.25. The van der Waals surface area contributed by atoms with Gasteiger partial charge in [-0.25, -0.2) is 0 Å². The van der Waals surface area contributed by atoms with Crippen LogP contribution >= 0.6 is 31.9 Å². The van der Waals surface area contributed by atoms with Crippen LogP contribution < -0.4 is 10.6 Å². The van der Waals surface area contributed by atoms with E-state index in [4.69, 9.17) is 0 Å². The lowest BCUT2D eigenvalue weighted by molar-refractivity contribution is 0.607. The Balaban J connectivity index is 1.18. The maximum atomic E-state index is 4.04. The second-order valence-corrected chi connectivity index (χ2v) is 17.2. The molecule has 0 atom stereocenters. The maximum Gasteiger partial charge on any atom is 0.0544 e. The van der Waals surface area contributed by atoms with Gasteiger partial charge in [0, 0.05) is 63.4 Å². The van der Waals surface area contributed by atoms with E-state index in [-0.39, 0.29) is 0 Å². The topological polar surface area (TPSA) is 24.1 Å². The van der Waals surface area contributed by atoms with Gasteiger partial charge < -0.3 is 10.6 Å². The van der Waals surface area contributed by atoms with E-state index in [1.165, 1.54) is 142 Å². The van der Waals surface area contributed by atoms with Crippen molar-refractivity contribution >= 4 is 108 Å². The van der Waals surface area contributed by atoms with Crippen LogP contribution in [0.4, 0.5) is 22.7 Å². The van der Waals surface area contributed by atoms with E-state index >= 15 is 0 Å². The summed E-state index contributed by atoms with van der Waals surface area (Å²) in [5.74, 6) is 0. The highest BCUT2D eigenvalue weighted by atomic mass is 79.9. The zero-order valence-electron chi connectivity index (χ0n) is 31.9. The SMILES string of the molecule is CCCCCCCCc1ccc(Nc2c3cccc4c(Br)cc5c(Nc6ccc(CCCCCCCC)cc6)c6cccc7c(Br)cc2c(c76)c5c43)cc1. The number of rotatable bonds is 18. The average Bonchev–Trinajstić information content (AvgIpc) is 3.19. The molecule has 0 amide bonds. The fourth-order valence-electron chi connectivity index (χ4n) is 8.77. The van der Waals surface area contributed by atoms with Gasteiger partial charge in [0.15, 0.2) is 0 Å². The van der Waals surface area contributed by atoms with Gasteiger partial charge in [0.2, 0.25) is 0 Å². The largest absolute Gasteiger partial charge is 0.355 e. The molecule has 8 aromatic rings. The monoisotopic (exact) mass is 838 g/mol. The van der Waals surface area contributed by atoms with E-state index in [0.717, 1.165) is 44.5 Å². The fourth-order valence-corrected chi connectivity index (χ4v) is 9.89. The fraction of sp³-hybridized carbons (Fsp3) is 0.320. The molecule has 0 aliphatic rings. The third-order valence-corrected chi connectivity index (χ3v) is 12.9. The van der Waals surface area contributed by atoms with Crippen LogP contribution in [-0.2, 0) is 12.8 Å². The highest BCUT2D eigenvalue weighted by Crippen LogP contribution is 2.53. The van der Waals surface area contributed by atoms with Crippen molar-refractivity contribution in [1.29, 1.82) is 0 Å². The Morgan fingerprint density at radius 2 is 0.759 bits per heavy atom. The van der Waals surface area contributed by atoms with Crippen LogP contribution in [0.2, 0.25) is 0 Å². The molecule has 0 spiro atoms. The van der Waals surface area contributed by atoms with Crippen molar-refractivity contribution in [2.75, 3.05) is 10.6 Å². The summed E-state index contributed by atoms with van der Waals surface area (Å²) in [6.07, 6.45) is 18.2. The molecule has 54 heavy (non-hydrogen) atoms. The molecule has 0 bridgehead atoms. The van der Waals surface area contributed by atoms with Crippen LogP contribution in [0.3, 0.4) is 0 Å². The van der Waals surface area contributed by atoms with Gasteiger partial charge in [0.1, 0.15) is 0 Å². The van der Waals surface area contributed by atoms with Crippen LogP contribution in [0.1, 0.15) is 102 Å². The highest BCUT2D eigenvalue weighted by molar-refractivity contribution is 9.11. The summed E-state index contributed by atoms with van der Waals surface area (Å²) in [6, 6.07) is 36.5. The van der Waals surface area contributed by atoms with Crippen molar-refractivity contribution in [2.45, 2.75) is 104 Å². The number of benzene rings is 8. The lowest BCUT2D eigenvalue weighted by Crippen LogP contribution is -2.00. The standard InChI is InChI=1S/C50H52Br2N2/c1-3-5-7-9-11-13-17-33-23-27-35(28-24-33)53-49-39-21-15-19-37-44(52)32-42-48(45(37)39)47-41(49)31-43(51)38-20-16-22-40(46(38)47)50(42)54-36-29-25-34(26-30-36)18-14-12-10-8-6-4-2/h15-16,19-32,53-54H,3-14,17-18H2,1-2H3. The van der Waals surface area contributed by atoms with E-state index in [1.807, 2.05) is 0 Å². The summed E-state index contributed by atoms with van der Waals surface area (Å²) < 4.78 is 2.22. The van der Waals surface area contributed by atoms with Gasteiger partial charge in [-0.05, 0) is 84.0 Å². The summed E-state index contributed by atoms with van der Waals surface area (Å²) in [7, 11) is 0. The van der Waals surface area contributed by atoms with Crippen LogP contribution in [-0.4, -0.2) is 0 Å². The number of unbranched alkanes of at least 4 members (excludes halogenated alkanes) is 10. The molecule has 276 valence electrons. The van der Waals surface area contributed by atoms with Gasteiger partial charge in [0.25, 0.3) is 0 Å². The molecule has 0 saturated heterocycles. The minimum absolute atomic E-state index is 1.11. The molecule has 0 saturated carbocycles. The smallest absolute Gasteiger partial charge is 0.0544 e. The number of halogens is 2. The second-order valence-electron chi connectivity index (χ2n) is 15.4. The first-order valence-electron chi connectivity index (χ1n) is 20.5. The Morgan fingerprint density at radius 1 is 0.389 bits per heavy atom. The van der Waals surface area contributed by atoms with Crippen LogP contribution in [0.5, 0.6) is 0 Å². The van der Waals surface area contributed by atoms with E-state index in [9.17, 15) is 0 Å². The molecule has 0 unspecified atom stereocenters. The average molecular weight is 841 g/mol. The molecule has 0 fully saturated rings. The van der Waals surface area contributed by atoms with Crippen LogP contribution in [0.15, 0.2) is 106 Å². The van der Waals surface area contributed by atoms with Crippen LogP contribution in [0, 0.1) is 0 Å². The Hall–Kier alpha value is -3.86. The predicted molar refractivity (Wildman–Crippen MR) is 245 cm³/mol. The first-order chi connectivity index (χ1) is 26.6. The number of hydrogen-bond acceptors (Lipinski definition) is 2. The normalized spacial score (nSPS) is 12.0. The van der Waals surface area contributed by atoms with Crippen LogP contribution in [0.25, 0.3) is 53.9 Å². The second kappa shape index (κ2) is 16.9. The first-order valence-corrected chi connectivity index (χ1v) is 22.1. The van der Waals surface area contributed by atoms with E-state index in [1.54, 1.807) is 0 Å². The Bertz CT molecular complexity index is 2310. The minimum Gasteiger partial charge on any atom is -0.355 e. The van der Waals surface area contributed by atoms with Crippen molar-refractivity contribution in [1.82, 2.24) is 0 Å². The van der Waals surface area contributed by atoms with Gasteiger partial charge in [-0.2, -0.15) is 0 Å². The molecule has 0 aromatic heterocycles. The first kappa shape index (κ1) is 37.1. The summed E-state index contributed by atoms with van der Waals surface area (Å²) >= 11 is 8.08. The van der Waals surface area contributed by atoms with Crippen molar-refractivity contribution in [2.24, 2.45) is 0 Å². The molecule has 2 nitrogen and oxygen atoms in total. The van der Waals surface area contributed by atoms with E-state index < -0.39 is 0 Å². The summed E-state index contributed by atoms with van der Waals surface area (Å²) in [4.78, 5) is 0. The molecule has 8 aromatic carbocycles. The number of aryl methyl sites for hydroxylation is 2. The number of anilines is 4. The lowest BCUT2D eigenvalue weighted by atomic mass is 9.84. The zero-order chi connectivity index (χ0) is 37.0. The third-order valence-electron chi connectivity index (χ3n) is 11.6. The van der Waals surface area contributed by atoms with Gasteiger partial charge in [-0.15, -0.1) is 0 Å². The molecule has 0 aliphatic carbocycles. The van der Waals surface area contributed by atoms with Crippen molar-refractivity contribution in [3.05, 3.63) is 117 Å². The summed E-state index contributed by atoms with van der Waals surface area (Å²) in [6.45, 7) is 4.57. The van der Waals surface area contributed by atoms with E-state index in [0.29, 0.717) is 0 Å². The number of hydrogen-bond donors (Lipinski definition) is 2. The quantitative estimate of drug-likeness (QED) is 0.0511. The van der Waals surface area contributed by atoms with Gasteiger partial charge in [-0.3, -0.25) is 0 Å². The molecular formula is C50H52Br2N2. The van der Waals surface area contributed by atoms with Crippen molar-refractivity contribution in [3.8, 4) is 0 Å². The molecule has 0 radical (unpaired) electrons. The molecule has 4 heteroatoms. The minimum atomic E-state index is 1.11. The molecule has 2 N–H and O–H groups in total. The van der Waals surface area contributed by atoms with Crippen molar-refractivity contribution in [3.63, 3.8) is 0 Å². The van der Waals surface area contributed by atoms with Gasteiger partial charge >= 0.3 is 0 Å². The predicted octanol–water partition coefficient (Wildman–Crippen LogP) is 17.1. The Morgan fingerprint density at radius 3 is 1.17 bits per heavy atom. The maximum absolute atomic E-state index is 4.04. The van der Waals surface area contributed by atoms with Crippen molar-refractivity contribution < 1.29 is 0 Å². The summed E-state index contributed by atoms with van der Waals surface area (Å²) in [5, 5.41) is 20.5. The highest BCUT2D eigenvalue weighted by Gasteiger charge is 2.24. The summed E-state index contributed by atoms with van der Waals surface area (Å²) in [5.41, 5.74) is 7.39. The molecule has 8 rings (SSSR count). The van der Waals surface area contributed by atoms with Gasteiger partial charge in [-0.1, -0.05) is 171 Å². The number of nitrogens with one attached hydrogen (secondary N) is 2. The van der Waals surface area contributed by atoms with Gasteiger partial charge in [0.05, 0.1) is 11.4 Å². The van der Waals surface area contributed by atoms with E-state index in [2.05, 4.69) is 153 Å². The Kier molecular flexibility index (Phi) is 11.6. The third kappa shape index (κ3) is 7.41. The Labute approximate surface area is 338 Å². The zero-order valence-corrected chi connectivity index (χ0v) is 35.1. The molecule has 0 heterocycles.